The summed E-state index contributed by atoms with van der Waals surface area (Å²) in [5, 5.41) is 9.57. The van der Waals surface area contributed by atoms with Crippen LogP contribution in [0.5, 0.6) is 0 Å². The van der Waals surface area contributed by atoms with Crippen LogP contribution in [-0.2, 0) is 9.59 Å². The van der Waals surface area contributed by atoms with Gasteiger partial charge in [0.15, 0.2) is 0 Å². The summed E-state index contributed by atoms with van der Waals surface area (Å²) in [6, 6.07) is 31.5. The standard InChI is InChI=1S/C27H32N3O2P/c1-22(28)27(32)30-20-19-29-26(31)18-11-21-33(23-12-5-2-6-13-23,24-14-7-3-8-15-24)25-16-9-4-10-17-25/h2-10,12-17,22H,11,18-21,28H2,1H3,(H-,29,30,31,32)/p+1. The second-order valence-electron chi connectivity index (χ2n) is 8.07. The zero-order valence-electron chi connectivity index (χ0n) is 19.1. The highest BCUT2D eigenvalue weighted by Gasteiger charge is 2.44. The number of carbonyl (C=O) groups excluding carboxylic acids is 2. The Balaban J connectivity index is 1.75. The molecule has 6 heteroatoms. The Morgan fingerprint density at radius 1 is 0.758 bits per heavy atom. The summed E-state index contributed by atoms with van der Waals surface area (Å²) < 4.78 is 0. The lowest BCUT2D eigenvalue weighted by Crippen LogP contribution is -2.42. The van der Waals surface area contributed by atoms with Crippen molar-refractivity contribution in [1.82, 2.24) is 10.6 Å². The van der Waals surface area contributed by atoms with Gasteiger partial charge in [0, 0.05) is 19.5 Å². The molecule has 3 aromatic carbocycles. The van der Waals surface area contributed by atoms with Crippen LogP contribution in [0, 0.1) is 0 Å². The topological polar surface area (TPSA) is 84.2 Å². The molecular formula is C27H33N3O2P+. The van der Waals surface area contributed by atoms with Gasteiger partial charge in [0.25, 0.3) is 0 Å². The van der Waals surface area contributed by atoms with Crippen LogP contribution in [0.4, 0.5) is 0 Å². The van der Waals surface area contributed by atoms with Crippen LogP contribution in [0.3, 0.4) is 0 Å². The third-order valence-electron chi connectivity index (χ3n) is 5.65. The molecule has 4 N–H and O–H groups in total. The Labute approximate surface area is 197 Å². The van der Waals surface area contributed by atoms with E-state index < -0.39 is 13.3 Å². The molecule has 0 spiro atoms. The molecule has 172 valence electrons. The summed E-state index contributed by atoms with van der Waals surface area (Å²) >= 11 is 0. The molecule has 0 aliphatic heterocycles. The fourth-order valence-corrected chi connectivity index (χ4v) is 8.34. The molecule has 0 heterocycles. The van der Waals surface area contributed by atoms with Crippen molar-refractivity contribution in [1.29, 1.82) is 0 Å². The minimum Gasteiger partial charge on any atom is -0.354 e. The van der Waals surface area contributed by atoms with Crippen molar-refractivity contribution in [3.63, 3.8) is 0 Å². The maximum atomic E-state index is 12.5. The van der Waals surface area contributed by atoms with E-state index in [1.54, 1.807) is 6.92 Å². The molecule has 0 aromatic heterocycles. The van der Waals surface area contributed by atoms with E-state index in [4.69, 9.17) is 5.73 Å². The molecule has 0 saturated heterocycles. The summed E-state index contributed by atoms with van der Waals surface area (Å²) in [4.78, 5) is 24.0. The summed E-state index contributed by atoms with van der Waals surface area (Å²) in [5.41, 5.74) is 5.53. The third kappa shape index (κ3) is 6.50. The minimum atomic E-state index is -1.92. The molecule has 3 aromatic rings. The lowest BCUT2D eigenvalue weighted by atomic mass is 10.3. The zero-order valence-corrected chi connectivity index (χ0v) is 20.0. The highest BCUT2D eigenvalue weighted by molar-refractivity contribution is 7.95. The number of hydrogen-bond donors (Lipinski definition) is 3. The van der Waals surface area contributed by atoms with Crippen molar-refractivity contribution < 1.29 is 9.59 Å². The Bertz CT molecular complexity index is 915. The molecule has 0 aliphatic rings. The van der Waals surface area contributed by atoms with E-state index in [-0.39, 0.29) is 11.8 Å². The highest BCUT2D eigenvalue weighted by Crippen LogP contribution is 2.55. The van der Waals surface area contributed by atoms with Gasteiger partial charge >= 0.3 is 0 Å². The minimum absolute atomic E-state index is 0.00247. The van der Waals surface area contributed by atoms with Crippen LogP contribution in [-0.4, -0.2) is 37.1 Å². The Hall–Kier alpha value is -3.01. The monoisotopic (exact) mass is 462 g/mol. The third-order valence-corrected chi connectivity index (χ3v) is 10.2. The van der Waals surface area contributed by atoms with Crippen molar-refractivity contribution in [3.8, 4) is 0 Å². The molecule has 1 atom stereocenters. The predicted octanol–water partition coefficient (Wildman–Crippen LogP) is 2.34. The number of carbonyl (C=O) groups is 2. The normalized spacial score (nSPS) is 12.1. The fraction of sp³-hybridized carbons (Fsp3) is 0.259. The van der Waals surface area contributed by atoms with Crippen LogP contribution in [0.15, 0.2) is 91.0 Å². The number of nitrogens with one attached hydrogen (secondary N) is 2. The summed E-state index contributed by atoms with van der Waals surface area (Å²) in [6.45, 7) is 2.41. The van der Waals surface area contributed by atoms with Gasteiger partial charge in [-0.3, -0.25) is 9.59 Å². The van der Waals surface area contributed by atoms with E-state index in [2.05, 4.69) is 83.4 Å². The largest absolute Gasteiger partial charge is 0.354 e. The molecule has 0 bridgehead atoms. The first-order chi connectivity index (χ1) is 16.0. The highest BCUT2D eigenvalue weighted by atomic mass is 31.2. The van der Waals surface area contributed by atoms with Crippen molar-refractivity contribution in [2.24, 2.45) is 5.73 Å². The molecule has 0 fully saturated rings. The van der Waals surface area contributed by atoms with Gasteiger partial charge < -0.3 is 16.4 Å². The first kappa shape index (κ1) is 24.6. The maximum absolute atomic E-state index is 12.5. The van der Waals surface area contributed by atoms with Crippen LogP contribution in [0.1, 0.15) is 19.8 Å². The molecular weight excluding hydrogens is 429 g/mol. The average molecular weight is 463 g/mol. The lowest BCUT2D eigenvalue weighted by Gasteiger charge is -2.27. The molecule has 5 nitrogen and oxygen atoms in total. The molecule has 3 rings (SSSR count). The number of amides is 2. The van der Waals surface area contributed by atoms with Gasteiger partial charge in [-0.25, -0.2) is 0 Å². The molecule has 2 amide bonds. The van der Waals surface area contributed by atoms with Crippen molar-refractivity contribution >= 4 is 35.0 Å². The molecule has 33 heavy (non-hydrogen) atoms. The summed E-state index contributed by atoms with van der Waals surface area (Å²) in [5.74, 6) is -0.218. The second-order valence-corrected chi connectivity index (χ2v) is 11.7. The molecule has 0 saturated carbocycles. The fourth-order valence-electron chi connectivity index (χ4n) is 4.00. The summed E-state index contributed by atoms with van der Waals surface area (Å²) in [6.07, 6.45) is 2.11. The molecule has 0 radical (unpaired) electrons. The quantitative estimate of drug-likeness (QED) is 0.302. The van der Waals surface area contributed by atoms with E-state index in [9.17, 15) is 9.59 Å². The van der Waals surface area contributed by atoms with Gasteiger partial charge in [0.2, 0.25) is 11.8 Å². The number of benzene rings is 3. The Morgan fingerprint density at radius 3 is 1.61 bits per heavy atom. The van der Waals surface area contributed by atoms with Crippen molar-refractivity contribution in [2.45, 2.75) is 25.8 Å². The van der Waals surface area contributed by atoms with E-state index in [1.807, 2.05) is 18.2 Å². The Kier molecular flexibility index (Phi) is 9.17. The Morgan fingerprint density at radius 2 is 1.18 bits per heavy atom. The smallest absolute Gasteiger partial charge is 0.236 e. The number of rotatable bonds is 11. The summed E-state index contributed by atoms with van der Waals surface area (Å²) in [7, 11) is -1.92. The SMILES string of the molecule is CC(N)C(=O)NCCNC(=O)CCC[P+](c1ccccc1)(c1ccccc1)c1ccccc1. The van der Waals surface area contributed by atoms with Crippen molar-refractivity contribution in [2.75, 3.05) is 19.3 Å². The maximum Gasteiger partial charge on any atom is 0.236 e. The van der Waals surface area contributed by atoms with E-state index in [0.717, 1.165) is 12.6 Å². The van der Waals surface area contributed by atoms with E-state index in [0.29, 0.717) is 19.5 Å². The second kappa shape index (κ2) is 12.3. The van der Waals surface area contributed by atoms with Gasteiger partial charge in [0.05, 0.1) is 12.2 Å². The first-order valence-corrected chi connectivity index (χ1v) is 13.4. The van der Waals surface area contributed by atoms with Crippen LogP contribution in [0.2, 0.25) is 0 Å². The van der Waals surface area contributed by atoms with Crippen LogP contribution < -0.4 is 32.3 Å². The molecule has 0 aliphatic carbocycles. The van der Waals surface area contributed by atoms with Crippen LogP contribution >= 0.6 is 7.26 Å². The van der Waals surface area contributed by atoms with Gasteiger partial charge in [-0.05, 0) is 49.7 Å². The first-order valence-electron chi connectivity index (χ1n) is 11.4. The van der Waals surface area contributed by atoms with Crippen LogP contribution in [0.25, 0.3) is 0 Å². The number of hydrogen-bond acceptors (Lipinski definition) is 3. The van der Waals surface area contributed by atoms with Gasteiger partial charge in [0.1, 0.15) is 23.2 Å². The predicted molar refractivity (Wildman–Crippen MR) is 139 cm³/mol. The van der Waals surface area contributed by atoms with Gasteiger partial charge in [-0.2, -0.15) is 0 Å². The van der Waals surface area contributed by atoms with Gasteiger partial charge in [-0.15, -0.1) is 0 Å². The van der Waals surface area contributed by atoms with E-state index >= 15 is 0 Å². The van der Waals surface area contributed by atoms with E-state index in [1.165, 1.54) is 15.9 Å². The van der Waals surface area contributed by atoms with Crippen molar-refractivity contribution in [3.05, 3.63) is 91.0 Å². The zero-order chi connectivity index (χ0) is 23.5. The number of nitrogens with two attached hydrogens (primary N) is 1. The lowest BCUT2D eigenvalue weighted by molar-refractivity contribution is -0.123. The molecule has 1 unspecified atom stereocenters. The average Bonchev–Trinajstić information content (AvgIpc) is 2.86. The van der Waals surface area contributed by atoms with Gasteiger partial charge in [-0.1, -0.05) is 54.6 Å².